The van der Waals surface area contributed by atoms with E-state index in [1.54, 1.807) is 36.4 Å². The minimum atomic E-state index is -0.940. The Morgan fingerprint density at radius 2 is 1.71 bits per heavy atom. The molecule has 1 aliphatic heterocycles. The van der Waals surface area contributed by atoms with Crippen molar-refractivity contribution in [1.29, 1.82) is 0 Å². The maximum atomic E-state index is 12.6. The van der Waals surface area contributed by atoms with Crippen LogP contribution in [0.15, 0.2) is 65.1 Å². The minimum Gasteiger partial charge on any atom is -0.478 e. The van der Waals surface area contributed by atoms with E-state index in [0.717, 1.165) is 23.3 Å². The summed E-state index contributed by atoms with van der Waals surface area (Å²) in [4.78, 5) is 24.8. The van der Waals surface area contributed by atoms with Gasteiger partial charge in [-0.3, -0.25) is 4.79 Å². The largest absolute Gasteiger partial charge is 0.478 e. The molecule has 1 N–H and O–H groups in total. The van der Waals surface area contributed by atoms with Gasteiger partial charge in [-0.15, -0.1) is 11.8 Å². The first-order valence-corrected chi connectivity index (χ1v) is 10.3. The summed E-state index contributed by atoms with van der Waals surface area (Å²) in [6, 6.07) is 12.7. The van der Waals surface area contributed by atoms with Crippen molar-refractivity contribution >= 4 is 29.6 Å². The second kappa shape index (κ2) is 8.19. The SMILES string of the molecule is CC(C=CC(=O)c1ccc2c(c1)C(C)(C)CCS2)=Cc1ccc(C(=O)O)cc1. The van der Waals surface area contributed by atoms with E-state index in [2.05, 4.69) is 19.9 Å². The Morgan fingerprint density at radius 1 is 1.04 bits per heavy atom. The van der Waals surface area contributed by atoms with Crippen LogP contribution in [0.25, 0.3) is 6.08 Å². The fourth-order valence-corrected chi connectivity index (χ4v) is 4.71. The number of carboxylic acids is 1. The maximum Gasteiger partial charge on any atom is 0.335 e. The standard InChI is InChI=1S/C24H24O3S/c1-16(14-17-5-7-18(8-6-17)23(26)27)4-10-21(25)19-9-11-22-20(15-19)24(2,3)12-13-28-22/h4-11,14-15H,12-13H2,1-3H3,(H,26,27). The smallest absolute Gasteiger partial charge is 0.335 e. The van der Waals surface area contributed by atoms with Gasteiger partial charge in [0.2, 0.25) is 0 Å². The zero-order chi connectivity index (χ0) is 20.3. The minimum absolute atomic E-state index is 0.0110. The quantitative estimate of drug-likeness (QED) is 0.385. The Balaban J connectivity index is 1.75. The average molecular weight is 393 g/mol. The molecule has 1 aliphatic rings. The zero-order valence-electron chi connectivity index (χ0n) is 16.4. The number of ketones is 1. The Morgan fingerprint density at radius 3 is 2.39 bits per heavy atom. The third-order valence-corrected chi connectivity index (χ3v) is 6.10. The molecule has 3 rings (SSSR count). The molecule has 3 nitrogen and oxygen atoms in total. The number of allylic oxidation sites excluding steroid dienone is 3. The highest BCUT2D eigenvalue weighted by atomic mass is 32.2. The summed E-state index contributed by atoms with van der Waals surface area (Å²) >= 11 is 1.86. The van der Waals surface area contributed by atoms with Gasteiger partial charge in [-0.1, -0.05) is 43.7 Å². The van der Waals surface area contributed by atoms with Crippen molar-refractivity contribution in [3.8, 4) is 0 Å². The molecule has 2 aromatic rings. The van der Waals surface area contributed by atoms with Crippen molar-refractivity contribution < 1.29 is 14.7 Å². The average Bonchev–Trinajstić information content (AvgIpc) is 2.66. The Labute approximate surface area is 170 Å². The molecule has 1 heterocycles. The second-order valence-electron chi connectivity index (χ2n) is 7.71. The highest BCUT2D eigenvalue weighted by molar-refractivity contribution is 7.99. The second-order valence-corrected chi connectivity index (χ2v) is 8.84. The predicted octanol–water partition coefficient (Wildman–Crippen LogP) is 6.00. The van der Waals surface area contributed by atoms with Gasteiger partial charge >= 0.3 is 5.97 Å². The summed E-state index contributed by atoms with van der Waals surface area (Å²) in [6.07, 6.45) is 6.43. The van der Waals surface area contributed by atoms with Crippen molar-refractivity contribution in [3.63, 3.8) is 0 Å². The van der Waals surface area contributed by atoms with Crippen LogP contribution in [-0.4, -0.2) is 22.6 Å². The van der Waals surface area contributed by atoms with Crippen LogP contribution in [0, 0.1) is 0 Å². The topological polar surface area (TPSA) is 54.4 Å². The molecule has 0 amide bonds. The maximum absolute atomic E-state index is 12.6. The molecule has 0 aliphatic carbocycles. The molecule has 0 atom stereocenters. The fourth-order valence-electron chi connectivity index (χ4n) is 3.23. The Bertz CT molecular complexity index is 966. The van der Waals surface area contributed by atoms with E-state index in [1.165, 1.54) is 10.5 Å². The van der Waals surface area contributed by atoms with Crippen LogP contribution >= 0.6 is 11.8 Å². The van der Waals surface area contributed by atoms with Crippen LogP contribution in [0.4, 0.5) is 0 Å². The number of thioether (sulfide) groups is 1. The summed E-state index contributed by atoms with van der Waals surface area (Å²) in [5.74, 6) is 0.164. The van der Waals surface area contributed by atoms with Crippen LogP contribution in [0.1, 0.15) is 59.0 Å². The van der Waals surface area contributed by atoms with Gasteiger partial charge in [-0.05, 0) is 72.0 Å². The van der Waals surface area contributed by atoms with E-state index >= 15 is 0 Å². The molecule has 2 aromatic carbocycles. The number of fused-ring (bicyclic) bond motifs is 1. The summed E-state index contributed by atoms with van der Waals surface area (Å²) in [5.41, 5.74) is 4.14. The van der Waals surface area contributed by atoms with Gasteiger partial charge in [0, 0.05) is 10.5 Å². The lowest BCUT2D eigenvalue weighted by atomic mass is 9.81. The van der Waals surface area contributed by atoms with Crippen LogP contribution in [-0.2, 0) is 5.41 Å². The lowest BCUT2D eigenvalue weighted by Crippen LogP contribution is -2.23. The Hall–Kier alpha value is -2.59. The van der Waals surface area contributed by atoms with Gasteiger partial charge in [0.25, 0.3) is 0 Å². The summed E-state index contributed by atoms with van der Waals surface area (Å²) in [7, 11) is 0. The molecule has 0 saturated heterocycles. The number of carbonyl (C=O) groups is 2. The van der Waals surface area contributed by atoms with Gasteiger partial charge in [0.05, 0.1) is 5.56 Å². The zero-order valence-corrected chi connectivity index (χ0v) is 17.2. The van der Waals surface area contributed by atoms with Crippen molar-refractivity contribution in [2.45, 2.75) is 37.5 Å². The van der Waals surface area contributed by atoms with E-state index in [1.807, 2.05) is 36.9 Å². The molecule has 0 saturated carbocycles. The van der Waals surface area contributed by atoms with Crippen LogP contribution < -0.4 is 0 Å². The molecule has 0 bridgehead atoms. The molecule has 144 valence electrons. The summed E-state index contributed by atoms with van der Waals surface area (Å²) in [5, 5.41) is 8.95. The highest BCUT2D eigenvalue weighted by Crippen LogP contribution is 2.41. The molecule has 28 heavy (non-hydrogen) atoms. The van der Waals surface area contributed by atoms with E-state index in [-0.39, 0.29) is 16.8 Å². The highest BCUT2D eigenvalue weighted by Gasteiger charge is 2.28. The predicted molar refractivity (Wildman–Crippen MR) is 115 cm³/mol. The van der Waals surface area contributed by atoms with Crippen molar-refractivity contribution in [3.05, 3.63) is 82.4 Å². The summed E-state index contributed by atoms with van der Waals surface area (Å²) < 4.78 is 0. The number of rotatable bonds is 5. The third kappa shape index (κ3) is 4.63. The molecule has 4 heteroatoms. The van der Waals surface area contributed by atoms with Crippen molar-refractivity contribution in [1.82, 2.24) is 0 Å². The third-order valence-electron chi connectivity index (χ3n) is 5.03. The molecular weight excluding hydrogens is 368 g/mol. The first-order chi connectivity index (χ1) is 13.3. The lowest BCUT2D eigenvalue weighted by Gasteiger charge is -2.32. The molecule has 0 unspecified atom stereocenters. The fraction of sp³-hybridized carbons (Fsp3) is 0.250. The number of aromatic carboxylic acids is 1. The van der Waals surface area contributed by atoms with E-state index in [0.29, 0.717) is 5.56 Å². The molecular formula is C24H24O3S. The number of hydrogen-bond donors (Lipinski definition) is 1. The molecule has 0 spiro atoms. The summed E-state index contributed by atoms with van der Waals surface area (Å²) in [6.45, 7) is 6.39. The number of carbonyl (C=O) groups excluding carboxylic acids is 1. The number of hydrogen-bond acceptors (Lipinski definition) is 3. The monoisotopic (exact) mass is 392 g/mol. The van der Waals surface area contributed by atoms with Gasteiger partial charge in [0.15, 0.2) is 5.78 Å². The van der Waals surface area contributed by atoms with Crippen LogP contribution in [0.5, 0.6) is 0 Å². The normalized spacial score (nSPS) is 16.0. The number of carboxylic acid groups (broad SMARTS) is 1. The van der Waals surface area contributed by atoms with E-state index in [4.69, 9.17) is 5.11 Å². The molecule has 0 radical (unpaired) electrons. The van der Waals surface area contributed by atoms with E-state index < -0.39 is 5.97 Å². The number of benzene rings is 2. The van der Waals surface area contributed by atoms with E-state index in [9.17, 15) is 9.59 Å². The molecule has 0 fully saturated rings. The van der Waals surface area contributed by atoms with Crippen LogP contribution in [0.3, 0.4) is 0 Å². The lowest BCUT2D eigenvalue weighted by molar-refractivity contribution is 0.0696. The van der Waals surface area contributed by atoms with Crippen molar-refractivity contribution in [2.24, 2.45) is 0 Å². The first kappa shape index (κ1) is 20.2. The van der Waals surface area contributed by atoms with Crippen LogP contribution in [0.2, 0.25) is 0 Å². The van der Waals surface area contributed by atoms with Crippen molar-refractivity contribution in [2.75, 3.05) is 5.75 Å². The van der Waals surface area contributed by atoms with Gasteiger partial charge in [-0.2, -0.15) is 0 Å². The van der Waals surface area contributed by atoms with Gasteiger partial charge in [-0.25, -0.2) is 4.79 Å². The van der Waals surface area contributed by atoms with Gasteiger partial charge < -0.3 is 5.11 Å². The Kier molecular flexibility index (Phi) is 5.90. The molecule has 0 aromatic heterocycles. The van der Waals surface area contributed by atoms with Gasteiger partial charge in [0.1, 0.15) is 0 Å². The first-order valence-electron chi connectivity index (χ1n) is 9.28.